The molecule has 12 heavy (non-hydrogen) atoms. The average Bonchev–Trinajstić information content (AvgIpc) is 2.41. The van der Waals surface area contributed by atoms with Crippen LogP contribution < -0.4 is 0 Å². The van der Waals surface area contributed by atoms with Gasteiger partial charge in [-0.05, 0) is 16.2 Å². The molecule has 0 N–H and O–H groups in total. The smallest absolute Gasteiger partial charge is 0.00934 e. The molecule has 1 heterocycles. The van der Waals surface area contributed by atoms with Crippen LogP contribution in [0, 0.1) is 5.41 Å². The second kappa shape index (κ2) is 8.79. The molecule has 1 heteroatoms. The molecule has 0 unspecified atom stereocenters. The molecule has 0 spiro atoms. The summed E-state index contributed by atoms with van der Waals surface area (Å²) in [5.41, 5.74) is 0.500. The topological polar surface area (TPSA) is 0 Å². The van der Waals surface area contributed by atoms with Crippen molar-refractivity contribution in [2.24, 2.45) is 5.41 Å². The second-order valence-corrected chi connectivity index (χ2v) is 4.61. The summed E-state index contributed by atoms with van der Waals surface area (Å²) in [5, 5.41) is 4.08. The standard InChI is InChI=1S/C5H12.C4H4S.C2H6/c1-5(2,3)4;1-2-4-5-3-1;1-2/h1-4H3;1-4H;1-2H3. The van der Waals surface area contributed by atoms with Gasteiger partial charge >= 0.3 is 0 Å². The van der Waals surface area contributed by atoms with Crippen LogP contribution >= 0.6 is 11.3 Å². The third-order valence-electron chi connectivity index (χ3n) is 0.425. The minimum absolute atomic E-state index is 0.500. The van der Waals surface area contributed by atoms with Gasteiger partial charge in [0.1, 0.15) is 0 Å². The van der Waals surface area contributed by atoms with Crippen LogP contribution in [-0.2, 0) is 0 Å². The molecule has 0 amide bonds. The summed E-state index contributed by atoms with van der Waals surface area (Å²) in [6, 6.07) is 4.04. The first-order valence-electron chi connectivity index (χ1n) is 4.47. The number of hydrogen-bond donors (Lipinski definition) is 0. The predicted octanol–water partition coefficient (Wildman–Crippen LogP) is 4.83. The van der Waals surface area contributed by atoms with Crippen LogP contribution in [0.15, 0.2) is 22.9 Å². The van der Waals surface area contributed by atoms with Gasteiger partial charge in [-0.2, -0.15) is 11.3 Å². The van der Waals surface area contributed by atoms with E-state index in [-0.39, 0.29) is 0 Å². The number of hydrogen-bond acceptors (Lipinski definition) is 1. The minimum atomic E-state index is 0.500. The predicted molar refractivity (Wildman–Crippen MR) is 60.8 cm³/mol. The molecule has 72 valence electrons. The van der Waals surface area contributed by atoms with Crippen molar-refractivity contribution in [1.29, 1.82) is 0 Å². The lowest BCUT2D eigenvalue weighted by Gasteiger charge is -2.05. The lowest BCUT2D eigenvalue weighted by molar-refractivity contribution is 0.469. The largest absolute Gasteiger partial charge is 0.152 e. The molecule has 1 rings (SSSR count). The molecule has 0 nitrogen and oxygen atoms in total. The average molecular weight is 186 g/mol. The zero-order valence-electron chi connectivity index (χ0n) is 9.22. The van der Waals surface area contributed by atoms with Gasteiger partial charge in [0.2, 0.25) is 0 Å². The van der Waals surface area contributed by atoms with Gasteiger partial charge in [0.15, 0.2) is 0 Å². The fraction of sp³-hybridized carbons (Fsp3) is 0.636. The Kier molecular flexibility index (Phi) is 10.4. The van der Waals surface area contributed by atoms with Gasteiger partial charge in [0.25, 0.3) is 0 Å². The summed E-state index contributed by atoms with van der Waals surface area (Å²) in [6.07, 6.45) is 0. The fourth-order valence-corrected chi connectivity index (χ4v) is 0.680. The Bertz CT molecular complexity index is 111. The zero-order chi connectivity index (χ0) is 10.0. The Hall–Kier alpha value is -0.300. The minimum Gasteiger partial charge on any atom is -0.152 e. The molecule has 1 aromatic heterocycles. The highest BCUT2D eigenvalue weighted by Crippen LogP contribution is 2.08. The summed E-state index contributed by atoms with van der Waals surface area (Å²) >= 11 is 1.71. The first-order valence-corrected chi connectivity index (χ1v) is 5.41. The maximum Gasteiger partial charge on any atom is -0.00934 e. The Labute approximate surface area is 81.6 Å². The van der Waals surface area contributed by atoms with E-state index in [2.05, 4.69) is 27.7 Å². The van der Waals surface area contributed by atoms with E-state index < -0.39 is 0 Å². The summed E-state index contributed by atoms with van der Waals surface area (Å²) < 4.78 is 0. The molecule has 0 aliphatic heterocycles. The van der Waals surface area contributed by atoms with Gasteiger partial charge in [-0.1, -0.05) is 53.7 Å². The molecule has 0 radical (unpaired) electrons. The van der Waals surface area contributed by atoms with E-state index in [0.29, 0.717) is 5.41 Å². The van der Waals surface area contributed by atoms with Crippen LogP contribution in [-0.4, -0.2) is 0 Å². The van der Waals surface area contributed by atoms with Crippen molar-refractivity contribution in [3.8, 4) is 0 Å². The lowest BCUT2D eigenvalue weighted by atomic mass is 10.0. The van der Waals surface area contributed by atoms with Crippen LogP contribution in [0.3, 0.4) is 0 Å². The van der Waals surface area contributed by atoms with Crippen LogP contribution in [0.2, 0.25) is 0 Å². The molecule has 0 aliphatic carbocycles. The van der Waals surface area contributed by atoms with Crippen LogP contribution in [0.5, 0.6) is 0 Å². The van der Waals surface area contributed by atoms with Crippen molar-refractivity contribution in [3.05, 3.63) is 22.9 Å². The Balaban J connectivity index is 0. The third-order valence-corrected chi connectivity index (χ3v) is 1.05. The second-order valence-electron chi connectivity index (χ2n) is 3.79. The van der Waals surface area contributed by atoms with E-state index in [1.54, 1.807) is 11.3 Å². The highest BCUT2D eigenvalue weighted by molar-refractivity contribution is 7.07. The Morgan fingerprint density at radius 3 is 1.17 bits per heavy atom. The number of thiophene rings is 1. The van der Waals surface area contributed by atoms with Crippen molar-refractivity contribution in [1.82, 2.24) is 0 Å². The summed E-state index contributed by atoms with van der Waals surface area (Å²) in [4.78, 5) is 0. The van der Waals surface area contributed by atoms with E-state index in [4.69, 9.17) is 0 Å². The van der Waals surface area contributed by atoms with Gasteiger partial charge in [-0.3, -0.25) is 0 Å². The van der Waals surface area contributed by atoms with E-state index in [1.807, 2.05) is 36.7 Å². The van der Waals surface area contributed by atoms with Gasteiger partial charge < -0.3 is 0 Å². The zero-order valence-corrected chi connectivity index (χ0v) is 10.0. The monoisotopic (exact) mass is 186 g/mol. The quantitative estimate of drug-likeness (QED) is 0.544. The molecule has 0 aromatic carbocycles. The van der Waals surface area contributed by atoms with E-state index in [0.717, 1.165) is 0 Å². The van der Waals surface area contributed by atoms with E-state index >= 15 is 0 Å². The van der Waals surface area contributed by atoms with Crippen molar-refractivity contribution in [3.63, 3.8) is 0 Å². The van der Waals surface area contributed by atoms with Crippen LogP contribution in [0.25, 0.3) is 0 Å². The van der Waals surface area contributed by atoms with Gasteiger partial charge in [-0.15, -0.1) is 0 Å². The maximum absolute atomic E-state index is 2.19. The van der Waals surface area contributed by atoms with Gasteiger partial charge in [0.05, 0.1) is 0 Å². The van der Waals surface area contributed by atoms with Crippen molar-refractivity contribution in [2.75, 3.05) is 0 Å². The molecule has 0 fully saturated rings. The van der Waals surface area contributed by atoms with Gasteiger partial charge in [0, 0.05) is 0 Å². The fourth-order valence-electron chi connectivity index (χ4n) is 0.227. The molecule has 0 saturated carbocycles. The first kappa shape index (κ1) is 14.2. The summed E-state index contributed by atoms with van der Waals surface area (Å²) in [7, 11) is 0. The molecule has 0 atom stereocenters. The molecule has 1 aromatic rings. The highest BCUT2D eigenvalue weighted by Gasteiger charge is 1.95. The molecule has 0 saturated heterocycles. The third kappa shape index (κ3) is 33.2. The molecule has 0 aliphatic rings. The van der Waals surface area contributed by atoms with Crippen molar-refractivity contribution >= 4 is 11.3 Å². The van der Waals surface area contributed by atoms with Crippen LogP contribution in [0.1, 0.15) is 41.5 Å². The highest BCUT2D eigenvalue weighted by atomic mass is 32.1. The van der Waals surface area contributed by atoms with Crippen molar-refractivity contribution in [2.45, 2.75) is 41.5 Å². The Morgan fingerprint density at radius 2 is 1.08 bits per heavy atom. The molecular weight excluding hydrogens is 164 g/mol. The number of rotatable bonds is 0. The van der Waals surface area contributed by atoms with Gasteiger partial charge in [-0.25, -0.2) is 0 Å². The first-order chi connectivity index (χ1) is 5.50. The normalized spacial score (nSPS) is 8.83. The maximum atomic E-state index is 2.19. The Morgan fingerprint density at radius 1 is 0.833 bits per heavy atom. The van der Waals surface area contributed by atoms with Crippen molar-refractivity contribution < 1.29 is 0 Å². The summed E-state index contributed by atoms with van der Waals surface area (Å²) in [5.74, 6) is 0. The van der Waals surface area contributed by atoms with E-state index in [9.17, 15) is 0 Å². The SMILES string of the molecule is CC.CC(C)(C)C.c1ccsc1. The lowest BCUT2D eigenvalue weighted by Crippen LogP contribution is -1.93. The van der Waals surface area contributed by atoms with E-state index in [1.165, 1.54) is 0 Å². The molecule has 0 bridgehead atoms. The molecular formula is C11H22S. The summed E-state index contributed by atoms with van der Waals surface area (Å²) in [6.45, 7) is 12.8. The van der Waals surface area contributed by atoms with Crippen LogP contribution in [0.4, 0.5) is 0 Å².